The minimum absolute atomic E-state index is 0.384. The zero-order valence-electron chi connectivity index (χ0n) is 13.8. The molecule has 2 rings (SSSR count). The largest absolute Gasteiger partial charge is 0.444 e. The normalized spacial score (nSPS) is 11.1. The van der Waals surface area contributed by atoms with E-state index in [1.165, 1.54) is 6.39 Å². The summed E-state index contributed by atoms with van der Waals surface area (Å²) >= 11 is 0. The number of hydrogen-bond acceptors (Lipinski definition) is 5. The van der Waals surface area contributed by atoms with Gasteiger partial charge in [-0.15, -0.1) is 0 Å². The summed E-state index contributed by atoms with van der Waals surface area (Å²) in [6, 6.07) is 7.91. The molecule has 0 saturated heterocycles. The Kier molecular flexibility index (Phi) is 5.62. The average Bonchev–Trinajstić information content (AvgIpc) is 2.99. The van der Waals surface area contributed by atoms with Crippen molar-refractivity contribution >= 4 is 11.8 Å². The molecule has 2 aromatic rings. The van der Waals surface area contributed by atoms with Crippen molar-refractivity contribution in [1.82, 2.24) is 10.3 Å². The standard InChI is InChI=1S/C17H23N3O3/c1-17(2,3)23-16(21)20-9-5-8-19-14-7-4-6-13(10-14)15-11-18-12-22-15/h4,6-7,10-12,19H,5,8-9H2,1-3H3,(H,20,21). The Bertz CT molecular complexity index is 618. The van der Waals surface area contributed by atoms with Gasteiger partial charge in [0.1, 0.15) is 5.60 Å². The number of hydrogen-bond donors (Lipinski definition) is 2. The summed E-state index contributed by atoms with van der Waals surface area (Å²) in [6.45, 7) is 6.83. The van der Waals surface area contributed by atoms with Crippen LogP contribution in [0.2, 0.25) is 0 Å². The number of amides is 1. The van der Waals surface area contributed by atoms with Gasteiger partial charge < -0.3 is 19.8 Å². The van der Waals surface area contributed by atoms with Crippen LogP contribution in [0.5, 0.6) is 0 Å². The lowest BCUT2D eigenvalue weighted by Crippen LogP contribution is -2.33. The Morgan fingerprint density at radius 3 is 2.83 bits per heavy atom. The van der Waals surface area contributed by atoms with Gasteiger partial charge >= 0.3 is 6.09 Å². The second-order valence-electron chi connectivity index (χ2n) is 6.16. The highest BCUT2D eigenvalue weighted by molar-refractivity contribution is 5.67. The first-order chi connectivity index (χ1) is 10.9. The maximum atomic E-state index is 11.5. The molecule has 6 nitrogen and oxygen atoms in total. The molecule has 124 valence electrons. The maximum Gasteiger partial charge on any atom is 0.407 e. The van der Waals surface area contributed by atoms with E-state index in [0.717, 1.165) is 30.0 Å². The van der Waals surface area contributed by atoms with Crippen LogP contribution >= 0.6 is 0 Å². The van der Waals surface area contributed by atoms with Crippen molar-refractivity contribution < 1.29 is 13.9 Å². The SMILES string of the molecule is CC(C)(C)OC(=O)NCCCNc1cccc(-c2cnco2)c1. The fraction of sp³-hybridized carbons (Fsp3) is 0.412. The van der Waals surface area contributed by atoms with Crippen molar-refractivity contribution in [1.29, 1.82) is 0 Å². The summed E-state index contributed by atoms with van der Waals surface area (Å²) in [5.74, 6) is 0.736. The lowest BCUT2D eigenvalue weighted by Gasteiger charge is -2.19. The van der Waals surface area contributed by atoms with Crippen LogP contribution in [0.25, 0.3) is 11.3 Å². The molecule has 1 amide bonds. The van der Waals surface area contributed by atoms with Gasteiger partial charge in [0.25, 0.3) is 0 Å². The first-order valence-corrected chi connectivity index (χ1v) is 7.64. The van der Waals surface area contributed by atoms with Crippen molar-refractivity contribution in [3.05, 3.63) is 36.9 Å². The van der Waals surface area contributed by atoms with E-state index in [-0.39, 0.29) is 6.09 Å². The zero-order valence-corrected chi connectivity index (χ0v) is 13.8. The fourth-order valence-electron chi connectivity index (χ4n) is 1.97. The third-order valence-corrected chi connectivity index (χ3v) is 2.93. The van der Waals surface area contributed by atoms with Gasteiger partial charge in [-0.3, -0.25) is 0 Å². The Balaban J connectivity index is 1.71. The van der Waals surface area contributed by atoms with Gasteiger partial charge in [-0.25, -0.2) is 9.78 Å². The molecule has 0 unspecified atom stereocenters. The highest BCUT2D eigenvalue weighted by Gasteiger charge is 2.15. The van der Waals surface area contributed by atoms with Crippen molar-refractivity contribution in [2.75, 3.05) is 18.4 Å². The topological polar surface area (TPSA) is 76.4 Å². The third-order valence-electron chi connectivity index (χ3n) is 2.93. The first-order valence-electron chi connectivity index (χ1n) is 7.64. The van der Waals surface area contributed by atoms with Crippen LogP contribution in [0, 0.1) is 0 Å². The van der Waals surface area contributed by atoms with Crippen LogP contribution < -0.4 is 10.6 Å². The van der Waals surface area contributed by atoms with Gasteiger partial charge in [0, 0.05) is 24.3 Å². The number of alkyl carbamates (subject to hydrolysis) is 1. The molecule has 1 aromatic carbocycles. The number of aromatic nitrogens is 1. The molecule has 0 saturated carbocycles. The molecule has 23 heavy (non-hydrogen) atoms. The van der Waals surface area contributed by atoms with Crippen molar-refractivity contribution in [3.8, 4) is 11.3 Å². The van der Waals surface area contributed by atoms with Gasteiger partial charge in [-0.05, 0) is 39.3 Å². The molecule has 2 N–H and O–H groups in total. The molecule has 6 heteroatoms. The van der Waals surface area contributed by atoms with Crippen LogP contribution in [0.3, 0.4) is 0 Å². The van der Waals surface area contributed by atoms with E-state index in [4.69, 9.17) is 9.15 Å². The van der Waals surface area contributed by atoms with Crippen LogP contribution in [0.4, 0.5) is 10.5 Å². The van der Waals surface area contributed by atoms with Gasteiger partial charge in [0.2, 0.25) is 0 Å². The highest BCUT2D eigenvalue weighted by atomic mass is 16.6. The number of ether oxygens (including phenoxy) is 1. The quantitative estimate of drug-likeness (QED) is 0.795. The lowest BCUT2D eigenvalue weighted by atomic mass is 10.1. The van der Waals surface area contributed by atoms with Crippen molar-refractivity contribution in [3.63, 3.8) is 0 Å². The molecule has 0 aliphatic heterocycles. The van der Waals surface area contributed by atoms with Gasteiger partial charge in [0.15, 0.2) is 12.2 Å². The van der Waals surface area contributed by atoms with E-state index in [2.05, 4.69) is 15.6 Å². The third kappa shape index (κ3) is 6.02. The average molecular weight is 317 g/mol. The van der Waals surface area contributed by atoms with Crippen LogP contribution in [0.1, 0.15) is 27.2 Å². The molecule has 0 bridgehead atoms. The minimum atomic E-state index is -0.469. The Morgan fingerprint density at radius 2 is 2.13 bits per heavy atom. The number of anilines is 1. The van der Waals surface area contributed by atoms with Gasteiger partial charge in [-0.1, -0.05) is 12.1 Å². The first kappa shape index (κ1) is 16.9. The summed E-state index contributed by atoms with van der Waals surface area (Å²) in [6.07, 6.45) is 3.51. The molecule has 0 aliphatic rings. The van der Waals surface area contributed by atoms with Crippen molar-refractivity contribution in [2.45, 2.75) is 32.8 Å². The van der Waals surface area contributed by atoms with Gasteiger partial charge in [-0.2, -0.15) is 0 Å². The monoisotopic (exact) mass is 317 g/mol. The molecule has 1 aromatic heterocycles. The number of oxazole rings is 1. The van der Waals surface area contributed by atoms with Crippen LogP contribution in [-0.2, 0) is 4.74 Å². The maximum absolute atomic E-state index is 11.5. The highest BCUT2D eigenvalue weighted by Crippen LogP contribution is 2.21. The molecular weight excluding hydrogens is 294 g/mol. The minimum Gasteiger partial charge on any atom is -0.444 e. The predicted octanol–water partition coefficient (Wildman–Crippen LogP) is 3.67. The van der Waals surface area contributed by atoms with Gasteiger partial charge in [0.05, 0.1) is 6.20 Å². The van der Waals surface area contributed by atoms with E-state index < -0.39 is 5.60 Å². The smallest absolute Gasteiger partial charge is 0.407 e. The van der Waals surface area contributed by atoms with Crippen LogP contribution in [0.15, 0.2) is 41.3 Å². The molecular formula is C17H23N3O3. The molecule has 0 aliphatic carbocycles. The fourth-order valence-corrected chi connectivity index (χ4v) is 1.97. The Hall–Kier alpha value is -2.50. The second kappa shape index (κ2) is 7.67. The number of rotatable bonds is 6. The van der Waals surface area contributed by atoms with E-state index in [1.807, 2.05) is 45.0 Å². The zero-order chi connectivity index (χ0) is 16.7. The summed E-state index contributed by atoms with van der Waals surface area (Å²) < 4.78 is 10.5. The molecule has 0 radical (unpaired) electrons. The van der Waals surface area contributed by atoms with E-state index in [1.54, 1.807) is 6.20 Å². The van der Waals surface area contributed by atoms with E-state index in [9.17, 15) is 4.79 Å². The summed E-state index contributed by atoms with van der Waals surface area (Å²) in [5.41, 5.74) is 1.50. The molecule has 0 spiro atoms. The van der Waals surface area contributed by atoms with E-state index in [0.29, 0.717) is 6.54 Å². The molecule has 1 heterocycles. The Labute approximate surface area is 136 Å². The Morgan fingerprint density at radius 1 is 1.30 bits per heavy atom. The molecule has 0 atom stereocenters. The molecule has 0 fully saturated rings. The number of carbonyl (C=O) groups is 1. The van der Waals surface area contributed by atoms with Crippen molar-refractivity contribution in [2.24, 2.45) is 0 Å². The second-order valence-corrected chi connectivity index (χ2v) is 6.16. The summed E-state index contributed by atoms with van der Waals surface area (Å²) in [4.78, 5) is 15.4. The number of carbonyl (C=O) groups excluding carboxylic acids is 1. The number of nitrogens with zero attached hydrogens (tertiary/aromatic N) is 1. The summed E-state index contributed by atoms with van der Waals surface area (Å²) in [5, 5.41) is 6.05. The summed E-state index contributed by atoms with van der Waals surface area (Å²) in [7, 11) is 0. The predicted molar refractivity (Wildman–Crippen MR) is 89.3 cm³/mol. The lowest BCUT2D eigenvalue weighted by molar-refractivity contribution is 0.0528. The van der Waals surface area contributed by atoms with E-state index >= 15 is 0 Å². The number of benzene rings is 1. The number of nitrogens with one attached hydrogen (secondary N) is 2. The van der Waals surface area contributed by atoms with Crippen LogP contribution in [-0.4, -0.2) is 29.8 Å².